The molecular formula is C34H29N5O4. The van der Waals surface area contributed by atoms with E-state index >= 15 is 0 Å². The molecule has 0 fully saturated rings. The zero-order valence-corrected chi connectivity index (χ0v) is 23.9. The number of nitro benzene ring substituents is 1. The van der Waals surface area contributed by atoms with Crippen molar-refractivity contribution in [2.75, 3.05) is 0 Å². The van der Waals surface area contributed by atoms with E-state index in [1.165, 1.54) is 18.3 Å². The fraction of sp³-hybridized carbons (Fsp3) is 0.147. The van der Waals surface area contributed by atoms with Crippen molar-refractivity contribution in [3.8, 4) is 11.3 Å². The summed E-state index contributed by atoms with van der Waals surface area (Å²) in [6.07, 6.45) is 1.50. The average Bonchev–Trinajstić information content (AvgIpc) is 3.64. The third kappa shape index (κ3) is 4.84. The average molecular weight is 572 g/mol. The molecule has 2 aromatic heterocycles. The van der Waals surface area contributed by atoms with Gasteiger partial charge in [-0.2, -0.15) is 10.2 Å². The molecule has 4 aromatic carbocycles. The Labute approximate surface area is 247 Å². The summed E-state index contributed by atoms with van der Waals surface area (Å²) in [7, 11) is 0. The van der Waals surface area contributed by atoms with Crippen molar-refractivity contribution in [3.63, 3.8) is 0 Å². The van der Waals surface area contributed by atoms with Gasteiger partial charge in [-0.25, -0.2) is 9.48 Å². The van der Waals surface area contributed by atoms with Crippen LogP contribution in [0.5, 0.6) is 0 Å². The molecule has 0 aliphatic carbocycles. The van der Waals surface area contributed by atoms with E-state index in [0.717, 1.165) is 16.7 Å². The van der Waals surface area contributed by atoms with Crippen molar-refractivity contribution < 1.29 is 14.5 Å². The summed E-state index contributed by atoms with van der Waals surface area (Å²) in [6, 6.07) is 34.7. The highest BCUT2D eigenvalue weighted by Crippen LogP contribution is 2.44. The molecule has 0 radical (unpaired) electrons. The number of ether oxygens (including phenoxy) is 1. The van der Waals surface area contributed by atoms with Crippen molar-refractivity contribution in [1.29, 1.82) is 0 Å². The van der Waals surface area contributed by atoms with Gasteiger partial charge in [0.2, 0.25) is 0 Å². The number of fused-ring (bicyclic) bond motifs is 1. The van der Waals surface area contributed by atoms with Gasteiger partial charge in [-0.05, 0) is 43.5 Å². The number of nitrogens with one attached hydrogen (secondary N) is 1. The van der Waals surface area contributed by atoms with Crippen LogP contribution in [-0.2, 0) is 10.3 Å². The molecule has 0 saturated carbocycles. The Hall–Kier alpha value is -5.57. The number of nitro groups is 1. The van der Waals surface area contributed by atoms with Gasteiger partial charge in [0.05, 0.1) is 22.2 Å². The lowest BCUT2D eigenvalue weighted by molar-refractivity contribution is -0.384. The number of carbonyl (C=O) groups is 1. The Balaban J connectivity index is 1.74. The summed E-state index contributed by atoms with van der Waals surface area (Å²) in [4.78, 5) is 24.7. The third-order valence-electron chi connectivity index (χ3n) is 7.26. The lowest BCUT2D eigenvalue weighted by Gasteiger charge is -2.37. The molecule has 214 valence electrons. The van der Waals surface area contributed by atoms with E-state index in [2.05, 4.69) is 10.2 Å². The Morgan fingerprint density at radius 3 is 1.86 bits per heavy atom. The number of carbonyl (C=O) groups excluding carboxylic acids is 1. The van der Waals surface area contributed by atoms with Gasteiger partial charge >= 0.3 is 5.97 Å². The van der Waals surface area contributed by atoms with E-state index < -0.39 is 22.0 Å². The second-order valence-electron chi connectivity index (χ2n) is 11.2. The summed E-state index contributed by atoms with van der Waals surface area (Å²) < 4.78 is 7.54. The van der Waals surface area contributed by atoms with Gasteiger partial charge in [0.25, 0.3) is 5.69 Å². The SMILES string of the molecule is CC(C)(C)OC(=O)c1[nH]ncc1-c1nn(C(c2ccccc2)(c2ccccc2)c2ccccc2)c2ccc([N+](=O)[O-])cc12. The maximum Gasteiger partial charge on any atom is 0.357 e. The van der Waals surface area contributed by atoms with Crippen LogP contribution in [-0.4, -0.2) is 36.5 Å². The lowest BCUT2D eigenvalue weighted by atomic mass is 9.77. The van der Waals surface area contributed by atoms with Gasteiger partial charge in [-0.3, -0.25) is 15.2 Å². The standard InChI is InChI=1S/C34H29N5O4/c1-33(2,3)43-32(40)31-28(22-35-36-31)30-27-21-26(39(41)42)19-20-29(27)38(37-30)34(23-13-7-4-8-14-23,24-15-9-5-10-16-24)25-17-11-6-12-18-25/h4-22H,1-3H3,(H,35,36). The molecule has 0 unspecified atom stereocenters. The van der Waals surface area contributed by atoms with Crippen molar-refractivity contribution >= 4 is 22.6 Å². The van der Waals surface area contributed by atoms with Gasteiger partial charge in [-0.1, -0.05) is 91.0 Å². The quantitative estimate of drug-likeness (QED) is 0.0943. The number of esters is 1. The zero-order valence-electron chi connectivity index (χ0n) is 23.9. The van der Waals surface area contributed by atoms with E-state index in [1.807, 2.05) is 95.7 Å². The summed E-state index contributed by atoms with van der Waals surface area (Å²) in [5.41, 5.74) is 2.44. The number of hydrogen-bond donors (Lipinski definition) is 1. The number of aromatic nitrogens is 4. The van der Waals surface area contributed by atoms with E-state index in [-0.39, 0.29) is 11.4 Å². The number of aromatic amines is 1. The molecule has 6 aromatic rings. The molecule has 2 heterocycles. The summed E-state index contributed by atoms with van der Waals surface area (Å²) >= 11 is 0. The maximum atomic E-state index is 13.3. The molecule has 0 spiro atoms. The van der Waals surface area contributed by atoms with Crippen LogP contribution >= 0.6 is 0 Å². The lowest BCUT2D eigenvalue weighted by Crippen LogP contribution is -2.38. The van der Waals surface area contributed by atoms with E-state index in [4.69, 9.17) is 9.84 Å². The third-order valence-corrected chi connectivity index (χ3v) is 7.26. The summed E-state index contributed by atoms with van der Waals surface area (Å²) in [6.45, 7) is 5.34. The molecule has 0 bridgehead atoms. The largest absolute Gasteiger partial charge is 0.455 e. The van der Waals surface area contributed by atoms with Crippen LogP contribution in [0.2, 0.25) is 0 Å². The predicted octanol–water partition coefficient (Wildman–Crippen LogP) is 7.13. The highest BCUT2D eigenvalue weighted by molar-refractivity contribution is 6.02. The van der Waals surface area contributed by atoms with Crippen LogP contribution in [0.15, 0.2) is 115 Å². The fourth-order valence-corrected chi connectivity index (χ4v) is 5.53. The van der Waals surface area contributed by atoms with E-state index in [0.29, 0.717) is 22.2 Å². The van der Waals surface area contributed by atoms with Gasteiger partial charge < -0.3 is 4.74 Å². The number of nitrogens with zero attached hydrogens (tertiary/aromatic N) is 4. The normalized spacial score (nSPS) is 11.9. The van der Waals surface area contributed by atoms with E-state index in [9.17, 15) is 14.9 Å². The zero-order chi connectivity index (χ0) is 30.2. The van der Waals surface area contributed by atoms with Crippen LogP contribution in [0.25, 0.3) is 22.2 Å². The van der Waals surface area contributed by atoms with Crippen LogP contribution in [0.3, 0.4) is 0 Å². The molecule has 0 aliphatic rings. The molecule has 0 atom stereocenters. The summed E-state index contributed by atoms with van der Waals surface area (Å²) in [5.74, 6) is -0.603. The second kappa shape index (κ2) is 10.7. The predicted molar refractivity (Wildman–Crippen MR) is 164 cm³/mol. The van der Waals surface area contributed by atoms with Gasteiger partial charge in [0.1, 0.15) is 16.8 Å². The first-order valence-electron chi connectivity index (χ1n) is 13.8. The van der Waals surface area contributed by atoms with Crippen LogP contribution < -0.4 is 0 Å². The van der Waals surface area contributed by atoms with Crippen molar-refractivity contribution in [1.82, 2.24) is 20.0 Å². The minimum absolute atomic E-state index is 0.0969. The first-order chi connectivity index (χ1) is 20.7. The van der Waals surface area contributed by atoms with Crippen LogP contribution in [0.4, 0.5) is 5.69 Å². The molecule has 9 nitrogen and oxygen atoms in total. The number of non-ortho nitro benzene ring substituents is 1. The fourth-order valence-electron chi connectivity index (χ4n) is 5.53. The smallest absolute Gasteiger partial charge is 0.357 e. The minimum atomic E-state index is -0.994. The molecule has 0 amide bonds. The number of rotatable bonds is 7. The number of hydrogen-bond acceptors (Lipinski definition) is 6. The molecular weight excluding hydrogens is 542 g/mol. The van der Waals surface area contributed by atoms with Crippen molar-refractivity contribution in [2.45, 2.75) is 31.9 Å². The van der Waals surface area contributed by atoms with E-state index in [1.54, 1.807) is 26.8 Å². The summed E-state index contributed by atoms with van der Waals surface area (Å²) in [5, 5.41) is 24.5. The second-order valence-corrected chi connectivity index (χ2v) is 11.2. The Bertz CT molecular complexity index is 1830. The minimum Gasteiger partial charge on any atom is -0.455 e. The number of benzene rings is 4. The van der Waals surface area contributed by atoms with Gasteiger partial charge in [0.15, 0.2) is 5.69 Å². The van der Waals surface area contributed by atoms with Gasteiger partial charge in [0, 0.05) is 17.5 Å². The molecule has 6 rings (SSSR count). The topological polar surface area (TPSA) is 116 Å². The monoisotopic (exact) mass is 571 g/mol. The maximum absolute atomic E-state index is 13.3. The highest BCUT2D eigenvalue weighted by Gasteiger charge is 2.41. The van der Waals surface area contributed by atoms with Crippen LogP contribution in [0, 0.1) is 10.1 Å². The molecule has 43 heavy (non-hydrogen) atoms. The first kappa shape index (κ1) is 27.6. The molecule has 0 saturated heterocycles. The van der Waals surface area contributed by atoms with Crippen molar-refractivity contribution in [3.05, 3.63) is 148 Å². The Morgan fingerprint density at radius 1 is 0.837 bits per heavy atom. The van der Waals surface area contributed by atoms with Crippen molar-refractivity contribution in [2.24, 2.45) is 0 Å². The van der Waals surface area contributed by atoms with Crippen LogP contribution in [0.1, 0.15) is 48.0 Å². The molecule has 0 aliphatic heterocycles. The Kier molecular flexibility index (Phi) is 6.85. The molecule has 1 N–H and O–H groups in total. The highest BCUT2D eigenvalue weighted by atomic mass is 16.6. The Morgan fingerprint density at radius 2 is 1.37 bits per heavy atom. The number of H-pyrrole nitrogens is 1. The first-order valence-corrected chi connectivity index (χ1v) is 13.8. The molecule has 9 heteroatoms. The van der Waals surface area contributed by atoms with Gasteiger partial charge in [-0.15, -0.1) is 0 Å².